The molecular formula is C23H31N3O3. The molecule has 6 nitrogen and oxygen atoms in total. The molecule has 0 amide bonds. The first-order valence-corrected chi connectivity index (χ1v) is 10.1. The number of pyridine rings is 1. The number of aromatic nitrogens is 1. The number of nitrogens with zero attached hydrogens (tertiary/aromatic N) is 3. The van der Waals surface area contributed by atoms with E-state index >= 15 is 0 Å². The Morgan fingerprint density at radius 2 is 1.90 bits per heavy atom. The summed E-state index contributed by atoms with van der Waals surface area (Å²) in [6, 6.07) is 7.72. The van der Waals surface area contributed by atoms with Crippen LogP contribution >= 0.6 is 0 Å². The highest BCUT2D eigenvalue weighted by Gasteiger charge is 2.23. The molecule has 1 aliphatic heterocycles. The molecule has 0 bridgehead atoms. The van der Waals surface area contributed by atoms with Gasteiger partial charge in [-0.25, -0.2) is 4.79 Å². The summed E-state index contributed by atoms with van der Waals surface area (Å²) in [7, 11) is 3.87. The van der Waals surface area contributed by atoms with Crippen LogP contribution in [-0.2, 0) is 13.1 Å². The van der Waals surface area contributed by atoms with Crippen LogP contribution in [0.1, 0.15) is 45.6 Å². The Kier molecular flexibility index (Phi) is 6.87. The number of aromatic carboxylic acids is 1. The van der Waals surface area contributed by atoms with Crippen molar-refractivity contribution in [3.8, 4) is 5.75 Å². The normalized spacial score (nSPS) is 15.6. The lowest BCUT2D eigenvalue weighted by molar-refractivity contribution is 0.0697. The van der Waals surface area contributed by atoms with Crippen molar-refractivity contribution in [2.45, 2.75) is 45.8 Å². The number of likely N-dealkylation sites (tertiary alicyclic amines) is 1. The molecule has 1 aliphatic rings. The van der Waals surface area contributed by atoms with Gasteiger partial charge in [-0.1, -0.05) is 12.1 Å². The van der Waals surface area contributed by atoms with Crippen LogP contribution in [0.5, 0.6) is 5.75 Å². The van der Waals surface area contributed by atoms with E-state index in [4.69, 9.17) is 9.84 Å². The number of benzene rings is 1. The molecule has 29 heavy (non-hydrogen) atoms. The van der Waals surface area contributed by atoms with Gasteiger partial charge in [-0.05, 0) is 51.4 Å². The second kappa shape index (κ2) is 9.37. The molecule has 6 heteroatoms. The lowest BCUT2D eigenvalue weighted by atomic mass is 10.0. The summed E-state index contributed by atoms with van der Waals surface area (Å²) in [4.78, 5) is 20.5. The van der Waals surface area contributed by atoms with Crippen molar-refractivity contribution in [3.05, 3.63) is 58.4 Å². The van der Waals surface area contributed by atoms with Crippen LogP contribution in [0.25, 0.3) is 0 Å². The average Bonchev–Trinajstić information content (AvgIpc) is 2.71. The van der Waals surface area contributed by atoms with Gasteiger partial charge in [0.2, 0.25) is 0 Å². The lowest BCUT2D eigenvalue weighted by Crippen LogP contribution is -2.42. The molecule has 1 aromatic heterocycles. The van der Waals surface area contributed by atoms with Crippen molar-refractivity contribution in [2.75, 3.05) is 27.2 Å². The second-order valence-electron chi connectivity index (χ2n) is 7.97. The molecule has 156 valence electrons. The molecule has 2 aromatic rings. The zero-order valence-electron chi connectivity index (χ0n) is 17.8. The highest BCUT2D eigenvalue weighted by atomic mass is 16.5. The molecule has 0 radical (unpaired) electrons. The molecule has 0 spiro atoms. The third-order valence-corrected chi connectivity index (χ3v) is 5.94. The Labute approximate surface area is 173 Å². The van der Waals surface area contributed by atoms with Gasteiger partial charge in [-0.15, -0.1) is 0 Å². The van der Waals surface area contributed by atoms with Crippen LogP contribution in [0.15, 0.2) is 30.5 Å². The van der Waals surface area contributed by atoms with Crippen molar-refractivity contribution in [1.29, 1.82) is 0 Å². The van der Waals surface area contributed by atoms with Crippen molar-refractivity contribution in [3.63, 3.8) is 0 Å². The summed E-state index contributed by atoms with van der Waals surface area (Å²) in [5, 5.41) is 9.03. The number of rotatable bonds is 7. The van der Waals surface area contributed by atoms with E-state index in [-0.39, 0.29) is 0 Å². The number of ether oxygens (including phenoxy) is 1. The minimum Gasteiger partial charge on any atom is -0.496 e. The van der Waals surface area contributed by atoms with Crippen molar-refractivity contribution >= 4 is 5.97 Å². The van der Waals surface area contributed by atoms with Gasteiger partial charge < -0.3 is 9.84 Å². The average molecular weight is 398 g/mol. The number of piperidine rings is 1. The molecule has 2 heterocycles. The maximum Gasteiger partial charge on any atom is 0.335 e. The number of carboxylic acids is 1. The maximum absolute atomic E-state index is 11.0. The number of hydrogen-bond donors (Lipinski definition) is 1. The summed E-state index contributed by atoms with van der Waals surface area (Å²) >= 11 is 0. The van der Waals surface area contributed by atoms with Gasteiger partial charge in [0.1, 0.15) is 5.75 Å². The molecule has 3 rings (SSSR count). The fourth-order valence-electron chi connectivity index (χ4n) is 4.13. The molecule has 0 aliphatic carbocycles. The summed E-state index contributed by atoms with van der Waals surface area (Å²) < 4.78 is 5.53. The fraction of sp³-hybridized carbons (Fsp3) is 0.478. The minimum atomic E-state index is -0.881. The van der Waals surface area contributed by atoms with Crippen LogP contribution in [0, 0.1) is 13.8 Å². The van der Waals surface area contributed by atoms with E-state index < -0.39 is 5.97 Å². The van der Waals surface area contributed by atoms with Crippen molar-refractivity contribution in [1.82, 2.24) is 14.8 Å². The quantitative estimate of drug-likeness (QED) is 0.771. The van der Waals surface area contributed by atoms with E-state index in [2.05, 4.69) is 28.8 Å². The Morgan fingerprint density at radius 1 is 1.24 bits per heavy atom. The van der Waals surface area contributed by atoms with Gasteiger partial charge in [0.05, 0.1) is 18.4 Å². The summed E-state index contributed by atoms with van der Waals surface area (Å²) in [6.07, 6.45) is 4.13. The first-order valence-electron chi connectivity index (χ1n) is 10.1. The predicted molar refractivity (Wildman–Crippen MR) is 113 cm³/mol. The summed E-state index contributed by atoms with van der Waals surface area (Å²) in [5.41, 5.74) is 4.78. The number of carbonyl (C=O) groups is 1. The minimum absolute atomic E-state index is 0.335. The Bertz CT molecular complexity index is 843. The molecule has 1 fully saturated rings. The molecule has 0 unspecified atom stereocenters. The van der Waals surface area contributed by atoms with E-state index in [1.54, 1.807) is 19.2 Å². The highest BCUT2D eigenvalue weighted by Crippen LogP contribution is 2.26. The van der Waals surface area contributed by atoms with Gasteiger partial charge in [-0.2, -0.15) is 0 Å². The molecule has 1 N–H and O–H groups in total. The highest BCUT2D eigenvalue weighted by molar-refractivity contribution is 5.87. The number of methoxy groups -OCH3 is 1. The summed E-state index contributed by atoms with van der Waals surface area (Å²) in [5.74, 6) is 0.0618. The largest absolute Gasteiger partial charge is 0.496 e. The molecular weight excluding hydrogens is 366 g/mol. The van der Waals surface area contributed by atoms with Gasteiger partial charge in [0.25, 0.3) is 0 Å². The van der Waals surface area contributed by atoms with Gasteiger partial charge in [0.15, 0.2) is 0 Å². The third kappa shape index (κ3) is 5.14. The maximum atomic E-state index is 11.0. The first kappa shape index (κ1) is 21.3. The van der Waals surface area contributed by atoms with Crippen LogP contribution in [0.2, 0.25) is 0 Å². The Hall–Kier alpha value is -2.44. The van der Waals surface area contributed by atoms with Crippen LogP contribution in [0.3, 0.4) is 0 Å². The van der Waals surface area contributed by atoms with E-state index in [9.17, 15) is 4.79 Å². The molecule has 0 saturated carbocycles. The van der Waals surface area contributed by atoms with E-state index in [0.29, 0.717) is 11.6 Å². The standard InChI is InChI=1S/C23H31N3O3/c1-16-13-24-21(17(2)22(16)29-4)15-26-11-9-20(10-12-26)25(3)14-18-5-7-19(8-6-18)23(27)28/h5-8,13,20H,9-12,14-15H2,1-4H3,(H,27,28). The number of hydrogen-bond acceptors (Lipinski definition) is 5. The van der Waals surface area contributed by atoms with Crippen LogP contribution < -0.4 is 4.74 Å². The zero-order chi connectivity index (χ0) is 21.0. The smallest absolute Gasteiger partial charge is 0.335 e. The van der Waals surface area contributed by atoms with Gasteiger partial charge in [0, 0.05) is 49.5 Å². The van der Waals surface area contributed by atoms with Crippen molar-refractivity contribution < 1.29 is 14.6 Å². The SMILES string of the molecule is COc1c(C)cnc(CN2CCC(N(C)Cc3ccc(C(=O)O)cc3)CC2)c1C. The third-order valence-electron chi connectivity index (χ3n) is 5.94. The van der Waals surface area contributed by atoms with E-state index in [0.717, 1.165) is 67.2 Å². The molecule has 1 saturated heterocycles. The number of carboxylic acid groups (broad SMARTS) is 1. The zero-order valence-corrected chi connectivity index (χ0v) is 17.8. The topological polar surface area (TPSA) is 65.9 Å². The monoisotopic (exact) mass is 397 g/mol. The van der Waals surface area contributed by atoms with Gasteiger partial charge >= 0.3 is 5.97 Å². The van der Waals surface area contributed by atoms with Crippen LogP contribution in [-0.4, -0.2) is 59.1 Å². The first-order chi connectivity index (χ1) is 13.9. The molecule has 0 atom stereocenters. The van der Waals surface area contributed by atoms with E-state index in [1.165, 1.54) is 0 Å². The lowest BCUT2D eigenvalue weighted by Gasteiger charge is -2.37. The Morgan fingerprint density at radius 3 is 2.48 bits per heavy atom. The number of aryl methyl sites for hydroxylation is 1. The Balaban J connectivity index is 1.53. The second-order valence-corrected chi connectivity index (χ2v) is 7.97. The van der Waals surface area contributed by atoms with E-state index in [1.807, 2.05) is 25.3 Å². The molecule has 1 aromatic carbocycles. The fourth-order valence-corrected chi connectivity index (χ4v) is 4.13. The van der Waals surface area contributed by atoms with Crippen LogP contribution in [0.4, 0.5) is 0 Å². The summed E-state index contributed by atoms with van der Waals surface area (Å²) in [6.45, 7) is 7.90. The van der Waals surface area contributed by atoms with Crippen molar-refractivity contribution in [2.24, 2.45) is 0 Å². The predicted octanol–water partition coefficient (Wildman–Crippen LogP) is 3.50. The van der Waals surface area contributed by atoms with Gasteiger partial charge in [-0.3, -0.25) is 14.8 Å².